The Kier molecular flexibility index (Phi) is 9.84. The number of aryl methyl sites for hydroxylation is 4. The predicted octanol–water partition coefficient (Wildman–Crippen LogP) is 17.4. The Morgan fingerprint density at radius 2 is 0.694 bits per heavy atom. The molecule has 0 saturated carbocycles. The number of unbranched alkanes of at least 4 members (excludes halogenated alkanes) is 6. The number of benzene rings is 9. The summed E-state index contributed by atoms with van der Waals surface area (Å²) in [5.74, 6) is 0. The monoisotopic (exact) mass is 804 g/mol. The van der Waals surface area contributed by atoms with E-state index in [0.29, 0.717) is 0 Å². The van der Waals surface area contributed by atoms with Gasteiger partial charge in [-0.05, 0) is 154 Å². The van der Waals surface area contributed by atoms with E-state index >= 15 is 0 Å². The Bertz CT molecular complexity index is 3280. The van der Waals surface area contributed by atoms with E-state index in [1.165, 1.54) is 172 Å². The van der Waals surface area contributed by atoms with Gasteiger partial charge in [0.25, 0.3) is 0 Å². The van der Waals surface area contributed by atoms with Crippen molar-refractivity contribution in [2.45, 2.75) is 91.9 Å². The standard InChI is InChI=1S/C60H56N2/c1-5-7-9-11-13-41-17-25-49-43(33-41)19-21-45-35-47(23-27-51(45)49)61-57-29-15-39(3)31-53(57)55-38-60-56(37-59(55)61)54-32-40(4)16-30-58(54)62(60)48-24-28-52-46(36-48)22-20-44-34-42(18-26-50(44)52)14-12-10-8-6-2/h15-38H,5-14H2,1-4H3. The molecule has 2 heterocycles. The molecule has 0 spiro atoms. The van der Waals surface area contributed by atoms with Gasteiger partial charge in [0.2, 0.25) is 0 Å². The molecule has 2 aromatic heterocycles. The van der Waals surface area contributed by atoms with Crippen molar-refractivity contribution in [2.75, 3.05) is 0 Å². The van der Waals surface area contributed by atoms with Gasteiger partial charge in [-0.25, -0.2) is 0 Å². The summed E-state index contributed by atoms with van der Waals surface area (Å²) in [4.78, 5) is 0. The quantitative estimate of drug-likeness (QED) is 0.0860. The molecule has 9 aromatic carbocycles. The molecule has 0 N–H and O–H groups in total. The Morgan fingerprint density at radius 1 is 0.306 bits per heavy atom. The third kappa shape index (κ3) is 6.63. The number of fused-ring (bicyclic) bond motifs is 12. The van der Waals surface area contributed by atoms with Crippen molar-refractivity contribution in [1.82, 2.24) is 9.13 Å². The number of nitrogens with zero attached hydrogens (tertiary/aromatic N) is 2. The van der Waals surface area contributed by atoms with Crippen LogP contribution in [0.15, 0.2) is 146 Å². The van der Waals surface area contributed by atoms with Crippen LogP contribution in [-0.2, 0) is 12.8 Å². The first kappa shape index (κ1) is 38.5. The van der Waals surface area contributed by atoms with Gasteiger partial charge in [-0.3, -0.25) is 0 Å². The molecule has 0 aliphatic rings. The van der Waals surface area contributed by atoms with E-state index in [1.807, 2.05) is 0 Å². The zero-order valence-corrected chi connectivity index (χ0v) is 36.8. The van der Waals surface area contributed by atoms with Gasteiger partial charge in [0.1, 0.15) is 0 Å². The number of aromatic nitrogens is 2. The molecule has 0 unspecified atom stereocenters. The lowest BCUT2D eigenvalue weighted by Crippen LogP contribution is -1.95. The average Bonchev–Trinajstić information content (AvgIpc) is 3.78. The average molecular weight is 805 g/mol. The van der Waals surface area contributed by atoms with Gasteiger partial charge in [-0.15, -0.1) is 0 Å². The summed E-state index contributed by atoms with van der Waals surface area (Å²) in [6, 6.07) is 56.6. The SMILES string of the molecule is CCCCCCc1ccc2c(ccc3cc(-n4c5ccc(C)cc5c5cc6c(cc54)c4cc(C)ccc4n6-c4ccc5c(ccc6cc(CCCCCC)ccc65)c4)ccc32)c1. The van der Waals surface area contributed by atoms with Crippen LogP contribution in [-0.4, -0.2) is 9.13 Å². The summed E-state index contributed by atoms with van der Waals surface area (Å²) in [6.45, 7) is 8.99. The van der Waals surface area contributed by atoms with Crippen LogP contribution in [0.25, 0.3) is 98.1 Å². The Labute approximate surface area is 365 Å². The summed E-state index contributed by atoms with van der Waals surface area (Å²) in [5.41, 5.74) is 12.8. The fourth-order valence-electron chi connectivity index (χ4n) is 10.6. The second kappa shape index (κ2) is 15.8. The lowest BCUT2D eigenvalue weighted by atomic mass is 9.98. The van der Waals surface area contributed by atoms with Gasteiger partial charge in [0.05, 0.1) is 22.1 Å². The third-order valence-corrected chi connectivity index (χ3v) is 13.9. The van der Waals surface area contributed by atoms with Gasteiger partial charge in [0.15, 0.2) is 0 Å². The molecule has 0 atom stereocenters. The van der Waals surface area contributed by atoms with Gasteiger partial charge in [-0.1, -0.05) is 148 Å². The zero-order chi connectivity index (χ0) is 41.9. The van der Waals surface area contributed by atoms with Crippen LogP contribution in [0, 0.1) is 13.8 Å². The van der Waals surface area contributed by atoms with Crippen LogP contribution in [0.1, 0.15) is 87.5 Å². The summed E-state index contributed by atoms with van der Waals surface area (Å²) in [7, 11) is 0. The molecule has 0 radical (unpaired) electrons. The van der Waals surface area contributed by atoms with E-state index in [2.05, 4.69) is 182 Å². The molecular formula is C60H56N2. The highest BCUT2D eigenvalue weighted by atomic mass is 15.0. The van der Waals surface area contributed by atoms with E-state index in [4.69, 9.17) is 0 Å². The van der Waals surface area contributed by atoms with Gasteiger partial charge in [0, 0.05) is 32.9 Å². The Balaban J connectivity index is 1.05. The normalized spacial score (nSPS) is 12.2. The minimum Gasteiger partial charge on any atom is -0.309 e. The molecule has 306 valence electrons. The second-order valence-electron chi connectivity index (χ2n) is 18.3. The number of hydrogen-bond acceptors (Lipinski definition) is 0. The maximum absolute atomic E-state index is 2.50. The first-order chi connectivity index (χ1) is 30.4. The minimum absolute atomic E-state index is 1.16. The fourth-order valence-corrected chi connectivity index (χ4v) is 10.6. The third-order valence-electron chi connectivity index (χ3n) is 13.9. The molecule has 11 aromatic rings. The van der Waals surface area contributed by atoms with Crippen molar-refractivity contribution < 1.29 is 0 Å². The molecule has 2 heteroatoms. The molecule has 62 heavy (non-hydrogen) atoms. The van der Waals surface area contributed by atoms with Gasteiger partial charge < -0.3 is 9.13 Å². The molecule has 0 amide bonds. The summed E-state index contributed by atoms with van der Waals surface area (Å²) < 4.78 is 5.01. The predicted molar refractivity (Wildman–Crippen MR) is 270 cm³/mol. The van der Waals surface area contributed by atoms with Crippen molar-refractivity contribution in [3.8, 4) is 11.4 Å². The van der Waals surface area contributed by atoms with Crippen LogP contribution in [0.5, 0.6) is 0 Å². The van der Waals surface area contributed by atoms with Crippen LogP contribution in [0.2, 0.25) is 0 Å². The van der Waals surface area contributed by atoms with Gasteiger partial charge in [-0.2, -0.15) is 0 Å². The number of rotatable bonds is 12. The van der Waals surface area contributed by atoms with Crippen molar-refractivity contribution in [3.63, 3.8) is 0 Å². The maximum Gasteiger partial charge on any atom is 0.0548 e. The first-order valence-electron chi connectivity index (χ1n) is 23.4. The highest BCUT2D eigenvalue weighted by Crippen LogP contribution is 2.41. The van der Waals surface area contributed by atoms with Gasteiger partial charge >= 0.3 is 0 Å². The molecule has 0 fully saturated rings. The topological polar surface area (TPSA) is 9.86 Å². The Hall–Kier alpha value is -6.38. The molecular weight excluding hydrogens is 749 g/mol. The van der Waals surface area contributed by atoms with Crippen molar-refractivity contribution >= 4 is 86.7 Å². The fraction of sp³-hybridized carbons (Fsp3) is 0.233. The molecule has 0 aliphatic heterocycles. The Morgan fingerprint density at radius 3 is 1.11 bits per heavy atom. The van der Waals surface area contributed by atoms with Crippen molar-refractivity contribution in [2.24, 2.45) is 0 Å². The molecule has 11 rings (SSSR count). The second-order valence-corrected chi connectivity index (χ2v) is 18.3. The number of hydrogen-bond donors (Lipinski definition) is 0. The van der Waals surface area contributed by atoms with Crippen molar-refractivity contribution in [1.29, 1.82) is 0 Å². The molecule has 0 aliphatic carbocycles. The summed E-state index contributed by atoms with van der Waals surface area (Å²) in [5, 5.41) is 15.6. The smallest absolute Gasteiger partial charge is 0.0548 e. The van der Waals surface area contributed by atoms with E-state index in [9.17, 15) is 0 Å². The molecule has 0 bridgehead atoms. The van der Waals surface area contributed by atoms with Crippen LogP contribution >= 0.6 is 0 Å². The van der Waals surface area contributed by atoms with Crippen molar-refractivity contribution in [3.05, 3.63) is 168 Å². The largest absolute Gasteiger partial charge is 0.309 e. The van der Waals surface area contributed by atoms with E-state index < -0.39 is 0 Å². The van der Waals surface area contributed by atoms with E-state index in [0.717, 1.165) is 12.8 Å². The highest BCUT2D eigenvalue weighted by molar-refractivity contribution is 6.20. The van der Waals surface area contributed by atoms with E-state index in [1.54, 1.807) is 0 Å². The summed E-state index contributed by atoms with van der Waals surface area (Å²) in [6.07, 6.45) is 12.7. The van der Waals surface area contributed by atoms with Crippen LogP contribution in [0.3, 0.4) is 0 Å². The lowest BCUT2D eigenvalue weighted by molar-refractivity contribution is 0.667. The first-order valence-corrected chi connectivity index (χ1v) is 23.4. The molecule has 2 nitrogen and oxygen atoms in total. The minimum atomic E-state index is 1.16. The highest BCUT2D eigenvalue weighted by Gasteiger charge is 2.20. The zero-order valence-electron chi connectivity index (χ0n) is 36.8. The van der Waals surface area contributed by atoms with Crippen LogP contribution < -0.4 is 0 Å². The maximum atomic E-state index is 2.50. The lowest BCUT2D eigenvalue weighted by Gasteiger charge is -2.12. The van der Waals surface area contributed by atoms with Crippen LogP contribution in [0.4, 0.5) is 0 Å². The van der Waals surface area contributed by atoms with E-state index in [-0.39, 0.29) is 0 Å². The molecule has 0 saturated heterocycles. The summed E-state index contributed by atoms with van der Waals surface area (Å²) >= 11 is 0.